The monoisotopic (exact) mass is 591 g/mol. The number of hydrogen-bond donors (Lipinski definition) is 3. The number of nitrogens with one attached hydrogen (secondary N) is 2. The molecule has 9 heteroatoms. The maximum absolute atomic E-state index is 14.5. The number of amides is 3. The number of carbonyl (C=O) groups excluding carboxylic acids is 3. The van der Waals surface area contributed by atoms with Crippen LogP contribution in [0.15, 0.2) is 54.6 Å². The number of thioether (sulfide) groups is 1. The zero-order valence-corrected chi connectivity index (χ0v) is 25.0. The highest BCUT2D eigenvalue weighted by atomic mass is 32.2. The van der Waals surface area contributed by atoms with E-state index in [1.54, 1.807) is 16.7 Å². The molecule has 4 aliphatic rings. The molecule has 6 rings (SSSR count). The van der Waals surface area contributed by atoms with Crippen LogP contribution in [0.4, 0.5) is 5.69 Å². The van der Waals surface area contributed by atoms with Gasteiger partial charge in [0.1, 0.15) is 11.8 Å². The lowest BCUT2D eigenvalue weighted by Gasteiger charge is -2.38. The summed E-state index contributed by atoms with van der Waals surface area (Å²) in [6, 6.07) is 15.8. The number of benzene rings is 2. The summed E-state index contributed by atoms with van der Waals surface area (Å²) in [6.45, 7) is 2.22. The highest BCUT2D eigenvalue weighted by Crippen LogP contribution is 2.66. The Kier molecular flexibility index (Phi) is 8.50. The van der Waals surface area contributed by atoms with Gasteiger partial charge in [-0.15, -0.1) is 11.8 Å². The molecule has 0 aromatic heterocycles. The lowest BCUT2D eigenvalue weighted by Crippen LogP contribution is -2.58. The summed E-state index contributed by atoms with van der Waals surface area (Å²) >= 11 is 1.66. The van der Waals surface area contributed by atoms with Crippen LogP contribution in [0.1, 0.15) is 57.4 Å². The van der Waals surface area contributed by atoms with E-state index >= 15 is 0 Å². The first-order valence-electron chi connectivity index (χ1n) is 15.4. The van der Waals surface area contributed by atoms with Crippen LogP contribution in [0.5, 0.6) is 5.75 Å². The van der Waals surface area contributed by atoms with Crippen molar-refractivity contribution in [2.45, 2.75) is 86.4 Å². The number of anilines is 1. The first-order chi connectivity index (χ1) is 20.4. The van der Waals surface area contributed by atoms with Crippen molar-refractivity contribution in [3.05, 3.63) is 60.2 Å². The smallest absolute Gasteiger partial charge is 0.244 e. The van der Waals surface area contributed by atoms with Gasteiger partial charge in [0.2, 0.25) is 17.7 Å². The van der Waals surface area contributed by atoms with E-state index in [0.29, 0.717) is 25.1 Å². The fourth-order valence-electron chi connectivity index (χ4n) is 7.77. The molecular formula is C33H41N3O5S. The SMILES string of the molecule is CCOc1ccc(NC(=O)[C@@H]2[C@H]3C(=O)N([C@@H](CO)Cc4ccccc4)C(C(=O)NC4CCCCC4)C34CC[C@H]2S4)cc1. The highest BCUT2D eigenvalue weighted by Gasteiger charge is 2.74. The number of rotatable bonds is 10. The molecule has 6 atom stereocenters. The number of fused-ring (bicyclic) bond motifs is 1. The van der Waals surface area contributed by atoms with Crippen LogP contribution in [0, 0.1) is 11.8 Å². The average Bonchev–Trinajstić information content (AvgIpc) is 3.65. The molecule has 1 spiro atoms. The maximum atomic E-state index is 14.5. The molecule has 2 aromatic rings. The maximum Gasteiger partial charge on any atom is 0.244 e. The Labute approximate surface area is 252 Å². The van der Waals surface area contributed by atoms with E-state index in [-0.39, 0.29) is 35.6 Å². The van der Waals surface area contributed by atoms with Crippen LogP contribution < -0.4 is 15.4 Å². The minimum absolute atomic E-state index is 0.0320. The highest BCUT2D eigenvalue weighted by molar-refractivity contribution is 8.02. The lowest BCUT2D eigenvalue weighted by molar-refractivity contribution is -0.142. The first kappa shape index (κ1) is 29.1. The molecule has 1 saturated carbocycles. The van der Waals surface area contributed by atoms with Gasteiger partial charge in [-0.1, -0.05) is 49.6 Å². The van der Waals surface area contributed by atoms with E-state index in [1.165, 1.54) is 6.42 Å². The zero-order chi connectivity index (χ0) is 29.3. The summed E-state index contributed by atoms with van der Waals surface area (Å²) in [5.41, 5.74) is 1.64. The largest absolute Gasteiger partial charge is 0.494 e. The quantitative estimate of drug-likeness (QED) is 0.383. The summed E-state index contributed by atoms with van der Waals surface area (Å²) in [5, 5.41) is 16.9. The van der Waals surface area contributed by atoms with Crippen molar-refractivity contribution in [2.24, 2.45) is 11.8 Å². The minimum atomic E-state index is -0.726. The number of hydrogen-bond acceptors (Lipinski definition) is 6. The van der Waals surface area contributed by atoms with E-state index in [0.717, 1.165) is 43.4 Å². The molecule has 3 amide bonds. The summed E-state index contributed by atoms with van der Waals surface area (Å²) in [4.78, 5) is 44.2. The first-order valence-corrected chi connectivity index (χ1v) is 16.3. The van der Waals surface area contributed by atoms with Gasteiger partial charge in [0.25, 0.3) is 0 Å². The average molecular weight is 592 g/mol. The second-order valence-corrected chi connectivity index (χ2v) is 13.7. The van der Waals surface area contributed by atoms with Crippen LogP contribution in [0.3, 0.4) is 0 Å². The number of ether oxygens (including phenoxy) is 1. The molecule has 8 nitrogen and oxygen atoms in total. The van der Waals surface area contributed by atoms with E-state index in [9.17, 15) is 19.5 Å². The van der Waals surface area contributed by atoms with E-state index in [2.05, 4.69) is 10.6 Å². The van der Waals surface area contributed by atoms with Crippen LogP contribution in [-0.4, -0.2) is 69.1 Å². The fourth-order valence-corrected chi connectivity index (χ4v) is 9.98. The molecule has 3 saturated heterocycles. The van der Waals surface area contributed by atoms with Crippen molar-refractivity contribution in [3.63, 3.8) is 0 Å². The lowest BCUT2D eigenvalue weighted by atomic mass is 9.70. The Morgan fingerprint density at radius 1 is 1.05 bits per heavy atom. The molecule has 0 radical (unpaired) electrons. The molecule has 42 heavy (non-hydrogen) atoms. The number of aliphatic hydroxyl groups is 1. The third-order valence-corrected chi connectivity index (χ3v) is 11.5. The molecule has 3 N–H and O–H groups in total. The number of carbonyl (C=O) groups is 3. The normalized spacial score (nSPS) is 29.3. The second kappa shape index (κ2) is 12.3. The Morgan fingerprint density at radius 3 is 2.48 bits per heavy atom. The van der Waals surface area contributed by atoms with Crippen LogP contribution in [0.2, 0.25) is 0 Å². The van der Waals surface area contributed by atoms with Gasteiger partial charge in [0.15, 0.2) is 0 Å². The summed E-state index contributed by atoms with van der Waals surface area (Å²) < 4.78 is 4.84. The Morgan fingerprint density at radius 2 is 1.79 bits per heavy atom. The van der Waals surface area contributed by atoms with Crippen molar-refractivity contribution in [3.8, 4) is 5.75 Å². The molecule has 2 aromatic carbocycles. The molecule has 3 aliphatic heterocycles. The fraction of sp³-hybridized carbons (Fsp3) is 0.545. The van der Waals surface area contributed by atoms with Crippen LogP contribution in [0.25, 0.3) is 0 Å². The van der Waals surface area contributed by atoms with Gasteiger partial charge in [0.05, 0.1) is 35.8 Å². The van der Waals surface area contributed by atoms with Crippen molar-refractivity contribution in [1.29, 1.82) is 0 Å². The minimum Gasteiger partial charge on any atom is -0.494 e. The Hall–Kier alpha value is -3.04. The topological polar surface area (TPSA) is 108 Å². The number of nitrogens with zero attached hydrogens (tertiary/aromatic N) is 1. The number of aliphatic hydroxyl groups excluding tert-OH is 1. The van der Waals surface area contributed by atoms with Crippen molar-refractivity contribution in [2.75, 3.05) is 18.5 Å². The summed E-state index contributed by atoms with van der Waals surface area (Å²) in [5.74, 6) is -0.939. The zero-order valence-electron chi connectivity index (χ0n) is 24.2. The summed E-state index contributed by atoms with van der Waals surface area (Å²) in [6.07, 6.45) is 7.16. The third kappa shape index (κ3) is 5.30. The number of likely N-dealkylation sites (tertiary alicyclic amines) is 1. The predicted molar refractivity (Wildman–Crippen MR) is 163 cm³/mol. The van der Waals surface area contributed by atoms with E-state index in [4.69, 9.17) is 4.74 Å². The molecule has 4 fully saturated rings. The summed E-state index contributed by atoms with van der Waals surface area (Å²) in [7, 11) is 0. The Bertz CT molecular complexity index is 1280. The van der Waals surface area contributed by atoms with E-state index < -0.39 is 28.7 Å². The van der Waals surface area contributed by atoms with Crippen molar-refractivity contribution < 1.29 is 24.2 Å². The van der Waals surface area contributed by atoms with Gasteiger partial charge in [-0.05, 0) is 68.9 Å². The van der Waals surface area contributed by atoms with Gasteiger partial charge < -0.3 is 25.4 Å². The van der Waals surface area contributed by atoms with Crippen LogP contribution >= 0.6 is 11.8 Å². The molecular weight excluding hydrogens is 550 g/mol. The standard InChI is InChI=1S/C33H41N3O5S/c1-2-41-25-15-13-23(14-16-25)34-30(38)27-26-17-18-33(42-26)28(27)32(40)36(24(20-37)19-21-9-5-3-6-10-21)29(33)31(39)35-22-11-7-4-8-12-22/h3,5-6,9-10,13-16,22,24,26-29,37H,2,4,7-8,11-12,17-20H2,1H3,(H,34,38)(H,35,39)/t24-,26-,27+,28+,29?,33?/m1/s1. The molecule has 2 bridgehead atoms. The Balaban J connectivity index is 1.30. The van der Waals surface area contributed by atoms with Gasteiger partial charge in [-0.2, -0.15) is 0 Å². The van der Waals surface area contributed by atoms with E-state index in [1.807, 2.05) is 61.5 Å². The second-order valence-electron chi connectivity index (χ2n) is 12.1. The van der Waals surface area contributed by atoms with Gasteiger partial charge in [-0.25, -0.2) is 0 Å². The third-order valence-electron chi connectivity index (χ3n) is 9.59. The van der Waals surface area contributed by atoms with Gasteiger partial charge >= 0.3 is 0 Å². The molecule has 3 heterocycles. The van der Waals surface area contributed by atoms with Crippen molar-refractivity contribution in [1.82, 2.24) is 10.2 Å². The predicted octanol–water partition coefficient (Wildman–Crippen LogP) is 4.17. The van der Waals surface area contributed by atoms with Gasteiger partial charge in [-0.3, -0.25) is 14.4 Å². The van der Waals surface area contributed by atoms with Crippen molar-refractivity contribution >= 4 is 35.2 Å². The molecule has 1 aliphatic carbocycles. The van der Waals surface area contributed by atoms with Crippen LogP contribution in [-0.2, 0) is 20.8 Å². The molecule has 2 unspecified atom stereocenters. The molecule has 224 valence electrons. The van der Waals surface area contributed by atoms with Gasteiger partial charge in [0, 0.05) is 17.0 Å².